The SMILES string of the molecule is CC(=O)OC(C(=O)O)C1OCCN(c2ccn(-c3ccnnc3)n2)C1=O. The number of nitrogens with zero attached hydrogens (tertiary/aromatic N) is 5. The summed E-state index contributed by atoms with van der Waals surface area (Å²) in [6.45, 7) is 1.32. The first kappa shape index (κ1) is 17.5. The van der Waals surface area contributed by atoms with Gasteiger partial charge in [-0.3, -0.25) is 14.5 Å². The zero-order chi connectivity index (χ0) is 18.7. The Bertz CT molecular complexity index is 823. The zero-order valence-electron chi connectivity index (χ0n) is 13.7. The highest BCUT2D eigenvalue weighted by Gasteiger charge is 2.43. The van der Waals surface area contributed by atoms with Crippen LogP contribution in [0.4, 0.5) is 5.82 Å². The van der Waals surface area contributed by atoms with Crippen molar-refractivity contribution in [1.29, 1.82) is 0 Å². The summed E-state index contributed by atoms with van der Waals surface area (Å²) in [4.78, 5) is 36.4. The van der Waals surface area contributed by atoms with Crippen LogP contribution in [0.2, 0.25) is 0 Å². The van der Waals surface area contributed by atoms with Crippen LogP contribution in [0.3, 0.4) is 0 Å². The zero-order valence-corrected chi connectivity index (χ0v) is 13.7. The number of esters is 1. The molecule has 136 valence electrons. The Labute approximate surface area is 147 Å². The normalized spacial score (nSPS) is 18.4. The van der Waals surface area contributed by atoms with Gasteiger partial charge < -0.3 is 14.6 Å². The number of amides is 1. The third-order valence-corrected chi connectivity index (χ3v) is 3.62. The summed E-state index contributed by atoms with van der Waals surface area (Å²) >= 11 is 0. The van der Waals surface area contributed by atoms with Crippen molar-refractivity contribution >= 4 is 23.7 Å². The predicted octanol–water partition coefficient (Wildman–Crippen LogP) is -0.590. The minimum absolute atomic E-state index is 0.0745. The van der Waals surface area contributed by atoms with Crippen LogP contribution in [0, 0.1) is 0 Å². The number of ether oxygens (including phenoxy) is 2. The van der Waals surface area contributed by atoms with Crippen LogP contribution in [0.25, 0.3) is 5.69 Å². The van der Waals surface area contributed by atoms with E-state index in [9.17, 15) is 19.5 Å². The van der Waals surface area contributed by atoms with Crippen molar-refractivity contribution in [3.8, 4) is 5.69 Å². The van der Waals surface area contributed by atoms with E-state index in [0.717, 1.165) is 6.92 Å². The van der Waals surface area contributed by atoms with Gasteiger partial charge in [0.1, 0.15) is 0 Å². The van der Waals surface area contributed by atoms with E-state index >= 15 is 0 Å². The molecule has 2 unspecified atom stereocenters. The molecule has 1 aliphatic heterocycles. The maximum Gasteiger partial charge on any atom is 0.348 e. The van der Waals surface area contributed by atoms with Crippen molar-refractivity contribution in [2.24, 2.45) is 0 Å². The third-order valence-electron chi connectivity index (χ3n) is 3.62. The number of aromatic nitrogens is 4. The minimum Gasteiger partial charge on any atom is -0.478 e. The number of anilines is 1. The summed E-state index contributed by atoms with van der Waals surface area (Å²) in [5.74, 6) is -2.62. The lowest BCUT2D eigenvalue weighted by molar-refractivity contribution is -0.177. The fourth-order valence-corrected chi connectivity index (χ4v) is 2.49. The van der Waals surface area contributed by atoms with E-state index in [2.05, 4.69) is 15.3 Å². The van der Waals surface area contributed by atoms with Crippen molar-refractivity contribution in [2.45, 2.75) is 19.1 Å². The number of morpholine rings is 1. The first-order valence-corrected chi connectivity index (χ1v) is 7.63. The molecular weight excluding hydrogens is 346 g/mol. The molecule has 11 heteroatoms. The lowest BCUT2D eigenvalue weighted by Gasteiger charge is -2.33. The molecule has 3 rings (SSSR count). The van der Waals surface area contributed by atoms with E-state index in [1.807, 2.05) is 0 Å². The average molecular weight is 361 g/mol. The van der Waals surface area contributed by atoms with E-state index in [0.29, 0.717) is 11.5 Å². The average Bonchev–Trinajstić information content (AvgIpc) is 3.10. The molecule has 0 aromatic carbocycles. The van der Waals surface area contributed by atoms with Gasteiger partial charge in [-0.05, 0) is 6.07 Å². The largest absolute Gasteiger partial charge is 0.478 e. The third kappa shape index (κ3) is 3.52. The van der Waals surface area contributed by atoms with E-state index in [1.165, 1.54) is 22.0 Å². The fraction of sp³-hybridized carbons (Fsp3) is 0.333. The molecule has 1 aliphatic rings. The Kier molecular flexibility index (Phi) is 4.89. The smallest absolute Gasteiger partial charge is 0.348 e. The van der Waals surface area contributed by atoms with Crippen molar-refractivity contribution in [3.05, 3.63) is 30.7 Å². The van der Waals surface area contributed by atoms with E-state index in [1.54, 1.807) is 18.3 Å². The number of aliphatic carboxylic acids is 1. The highest BCUT2D eigenvalue weighted by Crippen LogP contribution is 2.21. The number of carboxylic acid groups (broad SMARTS) is 1. The second-order valence-electron chi connectivity index (χ2n) is 5.37. The van der Waals surface area contributed by atoms with Crippen molar-refractivity contribution in [3.63, 3.8) is 0 Å². The number of rotatable bonds is 5. The summed E-state index contributed by atoms with van der Waals surface area (Å²) in [6.07, 6.45) is 1.46. The van der Waals surface area contributed by atoms with E-state index in [-0.39, 0.29) is 13.2 Å². The highest BCUT2D eigenvalue weighted by atomic mass is 16.6. The van der Waals surface area contributed by atoms with Gasteiger partial charge in [0, 0.05) is 19.2 Å². The molecule has 0 radical (unpaired) electrons. The van der Waals surface area contributed by atoms with Crippen LogP contribution >= 0.6 is 0 Å². The van der Waals surface area contributed by atoms with Crippen molar-refractivity contribution in [2.75, 3.05) is 18.1 Å². The van der Waals surface area contributed by atoms with Crippen LogP contribution in [-0.2, 0) is 23.9 Å². The summed E-state index contributed by atoms with van der Waals surface area (Å²) in [5.41, 5.74) is 0.645. The fourth-order valence-electron chi connectivity index (χ4n) is 2.49. The molecule has 0 spiro atoms. The molecule has 26 heavy (non-hydrogen) atoms. The van der Waals surface area contributed by atoms with E-state index in [4.69, 9.17) is 9.47 Å². The molecule has 2 aromatic heterocycles. The molecule has 0 saturated carbocycles. The standard InChI is InChI=1S/C15H15N5O6/c1-9(21)26-13(15(23)24)12-14(22)19(6-7-25-12)11-3-5-20(18-11)10-2-4-16-17-8-10/h2-5,8,12-13H,6-7H2,1H3,(H,23,24). The van der Waals surface area contributed by atoms with Gasteiger partial charge in [-0.2, -0.15) is 10.2 Å². The van der Waals surface area contributed by atoms with Gasteiger partial charge in [-0.25, -0.2) is 9.48 Å². The molecule has 0 aliphatic carbocycles. The number of hydrogen-bond acceptors (Lipinski definition) is 8. The second-order valence-corrected chi connectivity index (χ2v) is 5.37. The number of carbonyl (C=O) groups is 3. The van der Waals surface area contributed by atoms with Gasteiger partial charge in [-0.15, -0.1) is 5.10 Å². The summed E-state index contributed by atoms with van der Waals surface area (Å²) in [7, 11) is 0. The van der Waals surface area contributed by atoms with Crippen LogP contribution < -0.4 is 4.90 Å². The van der Waals surface area contributed by atoms with Crippen molar-refractivity contribution in [1.82, 2.24) is 20.0 Å². The number of carboxylic acids is 1. The van der Waals surface area contributed by atoms with Crippen molar-refractivity contribution < 1.29 is 29.0 Å². The summed E-state index contributed by atoms with van der Waals surface area (Å²) < 4.78 is 11.5. The van der Waals surface area contributed by atoms with Gasteiger partial charge in [0.05, 0.1) is 31.2 Å². The van der Waals surface area contributed by atoms with Gasteiger partial charge in [0.25, 0.3) is 5.91 Å². The van der Waals surface area contributed by atoms with Gasteiger partial charge >= 0.3 is 11.9 Å². The summed E-state index contributed by atoms with van der Waals surface area (Å²) in [6, 6.07) is 3.29. The molecule has 1 amide bonds. The summed E-state index contributed by atoms with van der Waals surface area (Å²) in [5, 5.41) is 21.0. The van der Waals surface area contributed by atoms with Crippen LogP contribution in [0.5, 0.6) is 0 Å². The molecular formula is C15H15N5O6. The Morgan fingerprint density at radius 2 is 2.19 bits per heavy atom. The monoisotopic (exact) mass is 361 g/mol. The second kappa shape index (κ2) is 7.27. The quantitative estimate of drug-likeness (QED) is 0.693. The Morgan fingerprint density at radius 3 is 2.85 bits per heavy atom. The Hall–Kier alpha value is -3.34. The highest BCUT2D eigenvalue weighted by molar-refractivity contribution is 5.99. The van der Waals surface area contributed by atoms with Gasteiger partial charge in [0.15, 0.2) is 11.9 Å². The predicted molar refractivity (Wildman–Crippen MR) is 84.4 cm³/mol. The Balaban J connectivity index is 1.83. The number of hydrogen-bond donors (Lipinski definition) is 1. The topological polar surface area (TPSA) is 137 Å². The first-order valence-electron chi connectivity index (χ1n) is 7.63. The molecule has 1 saturated heterocycles. The van der Waals surface area contributed by atoms with Gasteiger partial charge in [-0.1, -0.05) is 0 Å². The van der Waals surface area contributed by atoms with Gasteiger partial charge in [0.2, 0.25) is 6.10 Å². The van der Waals surface area contributed by atoms with Crippen LogP contribution in [0.15, 0.2) is 30.7 Å². The molecule has 0 bridgehead atoms. The lowest BCUT2D eigenvalue weighted by atomic mass is 10.1. The Morgan fingerprint density at radius 1 is 1.38 bits per heavy atom. The molecule has 1 fully saturated rings. The minimum atomic E-state index is -1.73. The van der Waals surface area contributed by atoms with E-state index < -0.39 is 30.1 Å². The maximum absolute atomic E-state index is 12.7. The molecule has 2 atom stereocenters. The molecule has 11 nitrogen and oxygen atoms in total. The number of carbonyl (C=O) groups excluding carboxylic acids is 2. The molecule has 3 heterocycles. The molecule has 1 N–H and O–H groups in total. The van der Waals surface area contributed by atoms with Crippen LogP contribution in [0.1, 0.15) is 6.92 Å². The molecule has 2 aromatic rings. The first-order chi connectivity index (χ1) is 12.5. The van der Waals surface area contributed by atoms with Crippen LogP contribution in [-0.4, -0.2) is 68.3 Å². The lowest BCUT2D eigenvalue weighted by Crippen LogP contribution is -2.55. The maximum atomic E-state index is 12.7.